The van der Waals surface area contributed by atoms with Crippen LogP contribution in [0.1, 0.15) is 41.0 Å². The molecule has 0 saturated heterocycles. The highest BCUT2D eigenvalue weighted by atomic mass is 16.6. The summed E-state index contributed by atoms with van der Waals surface area (Å²) in [5.41, 5.74) is 0.0153. The van der Waals surface area contributed by atoms with E-state index in [1.54, 1.807) is 0 Å². The minimum absolute atomic E-state index is 0.117. The van der Waals surface area contributed by atoms with Gasteiger partial charge in [0.15, 0.2) is 0 Å². The predicted molar refractivity (Wildman–Crippen MR) is 85.0 cm³/mol. The molecule has 2 unspecified atom stereocenters. The van der Waals surface area contributed by atoms with Crippen LogP contribution in [-0.2, 0) is 5.54 Å². The third kappa shape index (κ3) is 1.83. The number of nitro groups is 3. The molecule has 0 fully saturated rings. The van der Waals surface area contributed by atoms with Gasteiger partial charge in [0.05, 0.1) is 9.85 Å². The number of benzene rings is 2. The van der Waals surface area contributed by atoms with Gasteiger partial charge in [-0.2, -0.15) is 0 Å². The van der Waals surface area contributed by atoms with Gasteiger partial charge in [0.2, 0.25) is 0 Å². The summed E-state index contributed by atoms with van der Waals surface area (Å²) < 4.78 is 0. The maximum atomic E-state index is 12.1. The predicted octanol–water partition coefficient (Wildman–Crippen LogP) is 3.26. The molecule has 5 rings (SSSR count). The van der Waals surface area contributed by atoms with Gasteiger partial charge in [-0.05, 0) is 23.6 Å². The van der Waals surface area contributed by atoms with Gasteiger partial charge in [-0.1, -0.05) is 6.07 Å². The van der Waals surface area contributed by atoms with Gasteiger partial charge >= 0.3 is 0 Å². The average Bonchev–Trinajstić information content (AvgIpc) is 2.60. The number of nitro benzene ring substituents is 2. The molecule has 126 valence electrons. The number of hydrogen-bond donors (Lipinski definition) is 0. The quantitative estimate of drug-likeness (QED) is 0.622. The molecule has 0 aromatic heterocycles. The lowest BCUT2D eigenvalue weighted by Gasteiger charge is -2.42. The molecule has 3 aliphatic rings. The van der Waals surface area contributed by atoms with Crippen molar-refractivity contribution in [2.75, 3.05) is 0 Å². The Morgan fingerprint density at radius 1 is 0.840 bits per heavy atom. The van der Waals surface area contributed by atoms with Crippen molar-refractivity contribution in [2.45, 2.75) is 24.3 Å². The van der Waals surface area contributed by atoms with Crippen LogP contribution < -0.4 is 0 Å². The molecule has 0 saturated carbocycles. The third-order valence-electron chi connectivity index (χ3n) is 5.24. The molecule has 3 aliphatic carbocycles. The first kappa shape index (κ1) is 15.2. The Morgan fingerprint density at radius 2 is 1.48 bits per heavy atom. The van der Waals surface area contributed by atoms with Gasteiger partial charge in [-0.25, -0.2) is 0 Å². The summed E-state index contributed by atoms with van der Waals surface area (Å²) in [6.45, 7) is 0. The van der Waals surface area contributed by atoms with Crippen molar-refractivity contribution in [1.82, 2.24) is 0 Å². The highest BCUT2D eigenvalue weighted by molar-refractivity contribution is 5.61. The fourth-order valence-electron chi connectivity index (χ4n) is 4.18. The van der Waals surface area contributed by atoms with Crippen LogP contribution in [0.4, 0.5) is 11.4 Å². The zero-order chi connectivity index (χ0) is 17.9. The van der Waals surface area contributed by atoms with E-state index in [9.17, 15) is 30.3 Å². The molecule has 0 aliphatic heterocycles. The van der Waals surface area contributed by atoms with E-state index in [1.807, 2.05) is 0 Å². The first-order valence-corrected chi connectivity index (χ1v) is 7.58. The van der Waals surface area contributed by atoms with E-state index < -0.39 is 20.3 Å². The smallest absolute Gasteiger partial charge is 0.263 e. The number of rotatable bonds is 3. The summed E-state index contributed by atoms with van der Waals surface area (Å²) in [7, 11) is 0. The molecule has 0 amide bonds. The third-order valence-corrected chi connectivity index (χ3v) is 5.24. The summed E-state index contributed by atoms with van der Waals surface area (Å²) >= 11 is 0. The largest absolute Gasteiger partial charge is 0.272 e. The molecule has 0 N–H and O–H groups in total. The fourth-order valence-corrected chi connectivity index (χ4v) is 4.18. The van der Waals surface area contributed by atoms with Crippen LogP contribution in [0.5, 0.6) is 0 Å². The van der Waals surface area contributed by atoms with Gasteiger partial charge in [0, 0.05) is 52.7 Å². The zero-order valence-electron chi connectivity index (χ0n) is 12.7. The minimum atomic E-state index is -1.60. The second-order valence-corrected chi connectivity index (χ2v) is 6.27. The highest BCUT2D eigenvalue weighted by Gasteiger charge is 2.58. The van der Waals surface area contributed by atoms with Crippen molar-refractivity contribution >= 4 is 11.4 Å². The van der Waals surface area contributed by atoms with Gasteiger partial charge in [-0.3, -0.25) is 30.3 Å². The Hall–Kier alpha value is -3.36. The lowest BCUT2D eigenvalue weighted by molar-refractivity contribution is -0.570. The van der Waals surface area contributed by atoms with E-state index in [-0.39, 0.29) is 23.7 Å². The summed E-state index contributed by atoms with van der Waals surface area (Å²) in [6.07, 6.45) is 0.684. The average molecular weight is 341 g/mol. The molecule has 9 heteroatoms. The lowest BCUT2D eigenvalue weighted by Crippen LogP contribution is -2.46. The van der Waals surface area contributed by atoms with E-state index in [2.05, 4.69) is 0 Å². The molecule has 2 atom stereocenters. The normalized spacial score (nSPS) is 22.8. The van der Waals surface area contributed by atoms with E-state index >= 15 is 0 Å². The molecule has 0 heterocycles. The standard InChI is InChI=1S/C16H11N3O6/c20-17(21)9-2-4-14-13(7-9)11-5-6-16(14,19(24)25)15-8-10(18(22)23)1-3-12(11)15/h1-4,7-8,11H,5-6H2. The van der Waals surface area contributed by atoms with E-state index in [1.165, 1.54) is 36.4 Å². The number of fused-ring (bicyclic) bond motifs is 1. The maximum absolute atomic E-state index is 12.1. The molecule has 2 aromatic rings. The van der Waals surface area contributed by atoms with Gasteiger partial charge in [-0.15, -0.1) is 0 Å². The minimum Gasteiger partial charge on any atom is -0.263 e. The van der Waals surface area contributed by atoms with Crippen molar-refractivity contribution in [2.24, 2.45) is 0 Å². The van der Waals surface area contributed by atoms with Crippen molar-refractivity contribution in [1.29, 1.82) is 0 Å². The first-order chi connectivity index (χ1) is 11.9. The maximum Gasteiger partial charge on any atom is 0.272 e. The Bertz CT molecular complexity index is 972. The zero-order valence-corrected chi connectivity index (χ0v) is 12.7. The molecule has 2 bridgehead atoms. The second-order valence-electron chi connectivity index (χ2n) is 6.27. The van der Waals surface area contributed by atoms with Crippen LogP contribution in [0.2, 0.25) is 0 Å². The fraction of sp³-hybridized carbons (Fsp3) is 0.250. The van der Waals surface area contributed by atoms with Crippen LogP contribution in [0, 0.1) is 30.3 Å². The van der Waals surface area contributed by atoms with Gasteiger partial charge in [0.1, 0.15) is 0 Å². The molecule has 0 radical (unpaired) electrons. The molecular formula is C16H11N3O6. The van der Waals surface area contributed by atoms with Gasteiger partial charge < -0.3 is 0 Å². The number of hydrogen-bond acceptors (Lipinski definition) is 6. The molecule has 9 nitrogen and oxygen atoms in total. The van der Waals surface area contributed by atoms with E-state index in [4.69, 9.17) is 0 Å². The highest BCUT2D eigenvalue weighted by Crippen LogP contribution is 2.57. The van der Waals surface area contributed by atoms with Crippen molar-refractivity contribution in [3.63, 3.8) is 0 Å². The molecular weight excluding hydrogens is 330 g/mol. The monoisotopic (exact) mass is 341 g/mol. The summed E-state index contributed by atoms with van der Waals surface area (Å²) in [6, 6.07) is 8.20. The lowest BCUT2D eigenvalue weighted by atomic mass is 9.59. The van der Waals surface area contributed by atoms with Crippen LogP contribution in [0.25, 0.3) is 0 Å². The van der Waals surface area contributed by atoms with E-state index in [0.717, 1.165) is 0 Å². The number of non-ortho nitro benzene ring substituents is 2. The van der Waals surface area contributed by atoms with Crippen LogP contribution >= 0.6 is 0 Å². The Balaban J connectivity index is 2.04. The van der Waals surface area contributed by atoms with Crippen molar-refractivity contribution in [3.05, 3.63) is 89.0 Å². The van der Waals surface area contributed by atoms with Crippen molar-refractivity contribution < 1.29 is 14.8 Å². The van der Waals surface area contributed by atoms with Crippen LogP contribution in [-0.4, -0.2) is 14.8 Å². The summed E-state index contributed by atoms with van der Waals surface area (Å²) in [4.78, 5) is 32.7. The Labute approximate surface area is 140 Å². The molecule has 0 spiro atoms. The first-order valence-electron chi connectivity index (χ1n) is 7.58. The van der Waals surface area contributed by atoms with Crippen LogP contribution in [0.3, 0.4) is 0 Å². The van der Waals surface area contributed by atoms with Crippen LogP contribution in [0.15, 0.2) is 36.4 Å². The Kier molecular flexibility index (Phi) is 2.93. The van der Waals surface area contributed by atoms with E-state index in [0.29, 0.717) is 28.7 Å². The number of nitrogens with zero attached hydrogens (tertiary/aromatic N) is 3. The SMILES string of the molecule is O=[N+]([O-])c1ccc2c(c1)C1CCC2([N+](=O)[O-])c2cc([N+](=O)[O-])ccc21. The second kappa shape index (κ2) is 4.82. The molecule has 25 heavy (non-hydrogen) atoms. The summed E-state index contributed by atoms with van der Waals surface area (Å²) in [5, 5.41) is 34.2. The molecule has 2 aromatic carbocycles. The van der Waals surface area contributed by atoms with Crippen molar-refractivity contribution in [3.8, 4) is 0 Å². The summed E-state index contributed by atoms with van der Waals surface area (Å²) in [5.74, 6) is -0.229. The Morgan fingerprint density at radius 3 is 2.12 bits per heavy atom. The topological polar surface area (TPSA) is 129 Å². The van der Waals surface area contributed by atoms with Gasteiger partial charge in [0.25, 0.3) is 16.9 Å².